The van der Waals surface area contributed by atoms with Crippen molar-refractivity contribution in [2.45, 2.75) is 45.6 Å². The lowest BCUT2D eigenvalue weighted by Gasteiger charge is -2.32. The number of piperidine rings is 1. The molecule has 0 unspecified atom stereocenters. The molecule has 7 heteroatoms. The molecule has 2 aromatic rings. The Morgan fingerprint density at radius 3 is 3.04 bits per heavy atom. The zero-order chi connectivity index (χ0) is 16.4. The summed E-state index contributed by atoms with van der Waals surface area (Å²) >= 11 is 6.21. The van der Waals surface area contributed by atoms with Crippen molar-refractivity contribution >= 4 is 17.5 Å². The lowest BCUT2D eigenvalue weighted by Crippen LogP contribution is -2.39. The van der Waals surface area contributed by atoms with Gasteiger partial charge in [-0.3, -0.25) is 14.6 Å². The molecule has 3 rings (SSSR count). The van der Waals surface area contributed by atoms with Crippen molar-refractivity contribution in [3.05, 3.63) is 34.4 Å². The molecule has 0 aliphatic carbocycles. The highest BCUT2D eigenvalue weighted by Crippen LogP contribution is 2.29. The van der Waals surface area contributed by atoms with Gasteiger partial charge in [-0.2, -0.15) is 10.2 Å². The van der Waals surface area contributed by atoms with Crippen LogP contribution >= 0.6 is 11.6 Å². The van der Waals surface area contributed by atoms with E-state index in [4.69, 9.17) is 11.6 Å². The van der Waals surface area contributed by atoms with Crippen molar-refractivity contribution in [1.82, 2.24) is 24.9 Å². The molecule has 0 saturated carbocycles. The minimum Gasteiger partial charge on any atom is -0.337 e. The third-order valence-corrected chi connectivity index (χ3v) is 4.63. The zero-order valence-corrected chi connectivity index (χ0v) is 14.3. The smallest absolute Gasteiger partial charge is 0.275 e. The maximum Gasteiger partial charge on any atom is 0.275 e. The highest BCUT2D eigenvalue weighted by Gasteiger charge is 2.29. The number of aryl methyl sites for hydroxylation is 2. The Balaban J connectivity index is 1.76. The second-order valence-corrected chi connectivity index (χ2v) is 6.55. The monoisotopic (exact) mass is 335 g/mol. The lowest BCUT2D eigenvalue weighted by atomic mass is 9.93. The van der Waals surface area contributed by atoms with Crippen molar-refractivity contribution in [3.63, 3.8) is 0 Å². The van der Waals surface area contributed by atoms with Crippen LogP contribution < -0.4 is 0 Å². The topological polar surface area (TPSA) is 66.8 Å². The van der Waals surface area contributed by atoms with Crippen LogP contribution in [-0.4, -0.2) is 43.9 Å². The van der Waals surface area contributed by atoms with E-state index < -0.39 is 0 Å². The molecule has 0 spiro atoms. The average Bonchev–Trinajstić information content (AvgIpc) is 3.13. The number of halogens is 1. The van der Waals surface area contributed by atoms with E-state index in [0.717, 1.165) is 43.6 Å². The van der Waals surface area contributed by atoms with Crippen molar-refractivity contribution in [1.29, 1.82) is 0 Å². The molecule has 6 nitrogen and oxygen atoms in total. The SMILES string of the molecule is CCCn1cc(Cl)c(C(=O)N2CCC[C@H](c3[nH]ncc3C)C2)n1. The van der Waals surface area contributed by atoms with Gasteiger partial charge in [0.05, 0.1) is 11.2 Å². The summed E-state index contributed by atoms with van der Waals surface area (Å²) in [5, 5.41) is 12.0. The van der Waals surface area contributed by atoms with Gasteiger partial charge in [0.25, 0.3) is 5.91 Å². The highest BCUT2D eigenvalue weighted by molar-refractivity contribution is 6.33. The second-order valence-electron chi connectivity index (χ2n) is 6.15. The van der Waals surface area contributed by atoms with Crippen LogP contribution in [0.15, 0.2) is 12.4 Å². The number of carbonyl (C=O) groups excluding carboxylic acids is 1. The van der Waals surface area contributed by atoms with Crippen LogP contribution in [0.25, 0.3) is 0 Å². The molecule has 23 heavy (non-hydrogen) atoms. The summed E-state index contributed by atoms with van der Waals surface area (Å²) in [4.78, 5) is 14.6. The van der Waals surface area contributed by atoms with Gasteiger partial charge in [-0.05, 0) is 31.7 Å². The number of carbonyl (C=O) groups is 1. The van der Waals surface area contributed by atoms with Gasteiger partial charge in [-0.1, -0.05) is 18.5 Å². The normalized spacial score (nSPS) is 18.4. The van der Waals surface area contributed by atoms with Gasteiger partial charge in [0.2, 0.25) is 0 Å². The Hall–Kier alpha value is -1.82. The Labute approximate surface area is 140 Å². The number of hydrogen-bond donors (Lipinski definition) is 1. The Morgan fingerprint density at radius 1 is 1.52 bits per heavy atom. The summed E-state index contributed by atoms with van der Waals surface area (Å²) in [5.41, 5.74) is 2.64. The lowest BCUT2D eigenvalue weighted by molar-refractivity contribution is 0.0699. The predicted molar refractivity (Wildman–Crippen MR) is 88.7 cm³/mol. The first kappa shape index (κ1) is 16.1. The molecule has 1 amide bonds. The van der Waals surface area contributed by atoms with Gasteiger partial charge in [0.1, 0.15) is 0 Å². The quantitative estimate of drug-likeness (QED) is 0.934. The number of hydrogen-bond acceptors (Lipinski definition) is 3. The fourth-order valence-electron chi connectivity index (χ4n) is 3.20. The number of likely N-dealkylation sites (tertiary alicyclic amines) is 1. The van der Waals surface area contributed by atoms with E-state index in [2.05, 4.69) is 22.2 Å². The van der Waals surface area contributed by atoms with Gasteiger partial charge in [-0.25, -0.2) is 0 Å². The summed E-state index contributed by atoms with van der Waals surface area (Å²) in [5.74, 6) is 0.221. The van der Waals surface area contributed by atoms with Crippen LogP contribution in [0.1, 0.15) is 53.8 Å². The number of nitrogens with one attached hydrogen (secondary N) is 1. The first-order chi connectivity index (χ1) is 11.1. The molecule has 3 heterocycles. The van der Waals surface area contributed by atoms with Crippen LogP contribution in [0.2, 0.25) is 5.02 Å². The van der Waals surface area contributed by atoms with Crippen LogP contribution in [0.5, 0.6) is 0 Å². The van der Waals surface area contributed by atoms with Gasteiger partial charge in [0, 0.05) is 37.4 Å². The van der Waals surface area contributed by atoms with E-state index in [-0.39, 0.29) is 5.91 Å². The van der Waals surface area contributed by atoms with Crippen LogP contribution in [0.4, 0.5) is 0 Å². The number of rotatable bonds is 4. The van der Waals surface area contributed by atoms with Gasteiger partial charge >= 0.3 is 0 Å². The number of aromatic amines is 1. The van der Waals surface area contributed by atoms with Crippen LogP contribution in [0.3, 0.4) is 0 Å². The highest BCUT2D eigenvalue weighted by atomic mass is 35.5. The van der Waals surface area contributed by atoms with Crippen LogP contribution in [-0.2, 0) is 6.54 Å². The van der Waals surface area contributed by atoms with E-state index >= 15 is 0 Å². The first-order valence-electron chi connectivity index (χ1n) is 8.12. The molecule has 1 aliphatic heterocycles. The maximum absolute atomic E-state index is 12.8. The Bertz CT molecular complexity index is 692. The average molecular weight is 336 g/mol. The number of amides is 1. The molecule has 1 atom stereocenters. The van der Waals surface area contributed by atoms with E-state index in [1.54, 1.807) is 10.9 Å². The maximum atomic E-state index is 12.8. The fraction of sp³-hybridized carbons (Fsp3) is 0.562. The third kappa shape index (κ3) is 3.27. The summed E-state index contributed by atoms with van der Waals surface area (Å²) < 4.78 is 1.75. The zero-order valence-electron chi connectivity index (χ0n) is 13.5. The van der Waals surface area contributed by atoms with E-state index in [1.807, 2.05) is 18.0 Å². The summed E-state index contributed by atoms with van der Waals surface area (Å²) in [6, 6.07) is 0. The van der Waals surface area contributed by atoms with Gasteiger partial charge in [-0.15, -0.1) is 0 Å². The van der Waals surface area contributed by atoms with Gasteiger partial charge < -0.3 is 4.90 Å². The van der Waals surface area contributed by atoms with Crippen molar-refractivity contribution < 1.29 is 4.79 Å². The molecular formula is C16H22ClN5O. The standard InChI is InChI=1S/C16H22ClN5O/c1-3-6-22-10-13(17)15(20-22)16(23)21-7-4-5-12(9-21)14-11(2)8-18-19-14/h8,10,12H,3-7,9H2,1-2H3,(H,18,19)/t12-/m0/s1. The molecule has 0 aromatic carbocycles. The van der Waals surface area contributed by atoms with E-state index in [1.165, 1.54) is 0 Å². The minimum atomic E-state index is -0.0771. The van der Waals surface area contributed by atoms with Crippen LogP contribution in [0, 0.1) is 6.92 Å². The molecule has 1 fully saturated rings. The molecule has 0 bridgehead atoms. The summed E-state index contributed by atoms with van der Waals surface area (Å²) in [6.45, 7) is 6.31. The molecule has 124 valence electrons. The number of H-pyrrole nitrogens is 1. The Kier molecular flexibility index (Phi) is 4.71. The van der Waals surface area contributed by atoms with E-state index in [9.17, 15) is 4.79 Å². The molecule has 0 radical (unpaired) electrons. The predicted octanol–water partition coefficient (Wildman–Crippen LogP) is 3.00. The summed E-state index contributed by atoms with van der Waals surface area (Å²) in [6.07, 6.45) is 6.56. The molecule has 2 aromatic heterocycles. The largest absolute Gasteiger partial charge is 0.337 e. The Morgan fingerprint density at radius 2 is 2.35 bits per heavy atom. The number of nitrogens with zero attached hydrogens (tertiary/aromatic N) is 4. The molecule has 1 N–H and O–H groups in total. The number of aromatic nitrogens is 4. The fourth-order valence-corrected chi connectivity index (χ4v) is 3.43. The first-order valence-corrected chi connectivity index (χ1v) is 8.50. The van der Waals surface area contributed by atoms with Gasteiger partial charge in [0.15, 0.2) is 5.69 Å². The molecule has 1 saturated heterocycles. The minimum absolute atomic E-state index is 0.0771. The second kappa shape index (κ2) is 6.74. The molecule has 1 aliphatic rings. The third-order valence-electron chi connectivity index (χ3n) is 4.36. The van der Waals surface area contributed by atoms with Crippen molar-refractivity contribution in [3.8, 4) is 0 Å². The molecular weight excluding hydrogens is 314 g/mol. The van der Waals surface area contributed by atoms with Crippen molar-refractivity contribution in [2.24, 2.45) is 0 Å². The van der Waals surface area contributed by atoms with Crippen molar-refractivity contribution in [2.75, 3.05) is 13.1 Å². The van der Waals surface area contributed by atoms with E-state index in [0.29, 0.717) is 23.2 Å². The summed E-state index contributed by atoms with van der Waals surface area (Å²) in [7, 11) is 0.